The molecule has 1 unspecified atom stereocenters. The van der Waals surface area contributed by atoms with Gasteiger partial charge in [0.25, 0.3) is 0 Å². The van der Waals surface area contributed by atoms with Crippen molar-refractivity contribution in [1.82, 2.24) is 9.88 Å². The molecule has 0 aliphatic carbocycles. The second kappa shape index (κ2) is 4.34. The van der Waals surface area contributed by atoms with E-state index < -0.39 is 0 Å². The Hall–Kier alpha value is -1.32. The van der Waals surface area contributed by atoms with Crippen molar-refractivity contribution in [3.05, 3.63) is 35.5 Å². The fraction of sp³-hybridized carbons (Fsp3) is 0.529. The molecule has 2 aliphatic rings. The molecule has 2 aliphatic heterocycles. The molecule has 4 rings (SSSR count). The van der Waals surface area contributed by atoms with Gasteiger partial charge in [-0.3, -0.25) is 4.90 Å². The summed E-state index contributed by atoms with van der Waals surface area (Å²) >= 11 is 0. The molecule has 1 aromatic heterocycles. The summed E-state index contributed by atoms with van der Waals surface area (Å²) in [4.78, 5) is 6.22. The fourth-order valence-electron chi connectivity index (χ4n) is 4.31. The molecule has 106 valence electrons. The van der Waals surface area contributed by atoms with Crippen LogP contribution in [0.25, 0.3) is 10.9 Å². The van der Waals surface area contributed by atoms with Crippen LogP contribution < -0.4 is 0 Å². The van der Waals surface area contributed by atoms with Crippen molar-refractivity contribution in [3.8, 4) is 0 Å². The Morgan fingerprint density at radius 1 is 1.35 bits per heavy atom. The van der Waals surface area contributed by atoms with Gasteiger partial charge in [0.05, 0.1) is 12.6 Å². The molecule has 0 bridgehead atoms. The third-order valence-electron chi connectivity index (χ3n) is 5.35. The highest BCUT2D eigenvalue weighted by Crippen LogP contribution is 2.49. The predicted molar refractivity (Wildman–Crippen MR) is 80.7 cm³/mol. The normalized spacial score (nSPS) is 30.2. The van der Waals surface area contributed by atoms with Gasteiger partial charge in [0.2, 0.25) is 0 Å². The lowest BCUT2D eigenvalue weighted by atomic mass is 9.71. The van der Waals surface area contributed by atoms with Crippen LogP contribution in [0.5, 0.6) is 0 Å². The van der Waals surface area contributed by atoms with Crippen molar-refractivity contribution in [1.29, 1.82) is 0 Å². The van der Waals surface area contributed by atoms with Crippen molar-refractivity contribution in [2.24, 2.45) is 5.41 Å². The first-order valence-corrected chi connectivity index (χ1v) is 7.67. The second-order valence-corrected chi connectivity index (χ2v) is 6.67. The first-order valence-electron chi connectivity index (χ1n) is 7.67. The molecule has 1 fully saturated rings. The fourth-order valence-corrected chi connectivity index (χ4v) is 4.31. The van der Waals surface area contributed by atoms with Gasteiger partial charge in [-0.05, 0) is 37.4 Å². The highest BCUT2D eigenvalue weighted by Gasteiger charge is 2.45. The second-order valence-electron chi connectivity index (χ2n) is 6.67. The van der Waals surface area contributed by atoms with Crippen LogP contribution in [-0.4, -0.2) is 34.7 Å². The highest BCUT2D eigenvalue weighted by molar-refractivity contribution is 5.85. The lowest BCUT2D eigenvalue weighted by molar-refractivity contribution is -0.0227. The smallest absolute Gasteiger partial charge is 0.0577 e. The average molecular weight is 270 g/mol. The number of aromatic nitrogens is 1. The number of aliphatic hydroxyl groups excluding tert-OH is 1. The third-order valence-corrected chi connectivity index (χ3v) is 5.35. The number of benzene rings is 1. The number of H-pyrrole nitrogens is 1. The molecule has 1 aromatic carbocycles. The van der Waals surface area contributed by atoms with Crippen molar-refractivity contribution in [2.45, 2.75) is 32.2 Å². The molecule has 0 amide bonds. The van der Waals surface area contributed by atoms with Gasteiger partial charge < -0.3 is 10.1 Å². The van der Waals surface area contributed by atoms with E-state index in [0.717, 1.165) is 25.9 Å². The van der Waals surface area contributed by atoms with Gasteiger partial charge in [0.15, 0.2) is 0 Å². The molecule has 2 N–H and O–H groups in total. The lowest BCUT2D eigenvalue weighted by Crippen LogP contribution is -2.49. The van der Waals surface area contributed by atoms with Crippen LogP contribution in [0.15, 0.2) is 24.3 Å². The van der Waals surface area contributed by atoms with E-state index in [0.29, 0.717) is 6.04 Å². The molecular formula is C17H22N2O. The summed E-state index contributed by atoms with van der Waals surface area (Å²) in [6.45, 7) is 4.79. The summed E-state index contributed by atoms with van der Waals surface area (Å²) in [7, 11) is 0. The van der Waals surface area contributed by atoms with E-state index in [-0.39, 0.29) is 12.0 Å². The van der Waals surface area contributed by atoms with E-state index in [4.69, 9.17) is 0 Å². The summed E-state index contributed by atoms with van der Waals surface area (Å²) in [6.07, 6.45) is 3.43. The first-order chi connectivity index (χ1) is 9.73. The summed E-state index contributed by atoms with van der Waals surface area (Å²) < 4.78 is 0. The van der Waals surface area contributed by atoms with E-state index in [1.54, 1.807) is 0 Å². The third kappa shape index (κ3) is 1.60. The van der Waals surface area contributed by atoms with Crippen LogP contribution in [0, 0.1) is 5.41 Å². The number of hydrogen-bond donors (Lipinski definition) is 2. The molecule has 3 heterocycles. The maximum atomic E-state index is 9.95. The lowest BCUT2D eigenvalue weighted by Gasteiger charge is -2.49. The van der Waals surface area contributed by atoms with Crippen molar-refractivity contribution in [2.75, 3.05) is 19.7 Å². The molecule has 2 atom stereocenters. The largest absolute Gasteiger partial charge is 0.396 e. The summed E-state index contributed by atoms with van der Waals surface area (Å²) in [5.41, 5.74) is 4.05. The number of nitrogens with one attached hydrogen (secondary N) is 1. The Balaban J connectivity index is 1.91. The van der Waals surface area contributed by atoms with E-state index in [1.165, 1.54) is 28.6 Å². The average Bonchev–Trinajstić information content (AvgIpc) is 2.85. The molecule has 1 saturated heterocycles. The summed E-state index contributed by atoms with van der Waals surface area (Å²) in [5, 5.41) is 11.3. The van der Waals surface area contributed by atoms with Crippen molar-refractivity contribution in [3.63, 3.8) is 0 Å². The molecule has 2 aromatic rings. The number of aliphatic hydroxyl groups is 1. The van der Waals surface area contributed by atoms with E-state index in [2.05, 4.69) is 41.1 Å². The molecule has 0 radical (unpaired) electrons. The number of aromatic amines is 1. The number of nitrogens with zero attached hydrogens (tertiary/aromatic N) is 1. The summed E-state index contributed by atoms with van der Waals surface area (Å²) in [6, 6.07) is 8.94. The van der Waals surface area contributed by atoms with Gasteiger partial charge in [0, 0.05) is 28.6 Å². The molecule has 3 nitrogen and oxygen atoms in total. The van der Waals surface area contributed by atoms with Crippen LogP contribution in [0.1, 0.15) is 37.1 Å². The van der Waals surface area contributed by atoms with Crippen molar-refractivity contribution >= 4 is 10.9 Å². The summed E-state index contributed by atoms with van der Waals surface area (Å²) in [5.74, 6) is 0. The van der Waals surface area contributed by atoms with Crippen LogP contribution in [-0.2, 0) is 6.42 Å². The highest BCUT2D eigenvalue weighted by atomic mass is 16.3. The quantitative estimate of drug-likeness (QED) is 0.836. The standard InChI is InChI=1S/C17H22N2O/c1-17(11-20)8-4-9-19-10-7-13-12-5-2-3-6-14(12)18-15(13)16(17)19/h2-3,5-6,16,18,20H,4,7-11H2,1H3/t16?,17-/m0/s1. The molecule has 3 heteroatoms. The monoisotopic (exact) mass is 270 g/mol. The van der Waals surface area contributed by atoms with Gasteiger partial charge in [-0.15, -0.1) is 0 Å². The number of rotatable bonds is 1. The first kappa shape index (κ1) is 12.4. The zero-order valence-corrected chi connectivity index (χ0v) is 12.0. The van der Waals surface area contributed by atoms with Gasteiger partial charge in [-0.25, -0.2) is 0 Å². The topological polar surface area (TPSA) is 39.3 Å². The molecule has 0 saturated carbocycles. The number of piperidine rings is 1. The predicted octanol–water partition coefficient (Wildman–Crippen LogP) is 2.86. The van der Waals surface area contributed by atoms with Crippen molar-refractivity contribution < 1.29 is 5.11 Å². The number of hydrogen-bond acceptors (Lipinski definition) is 2. The van der Waals surface area contributed by atoms with E-state index in [9.17, 15) is 5.11 Å². The van der Waals surface area contributed by atoms with Crippen LogP contribution in [0.2, 0.25) is 0 Å². The minimum Gasteiger partial charge on any atom is -0.396 e. The molecular weight excluding hydrogens is 248 g/mol. The maximum absolute atomic E-state index is 9.95. The van der Waals surface area contributed by atoms with E-state index in [1.807, 2.05) is 0 Å². The minimum atomic E-state index is -0.0195. The Kier molecular flexibility index (Phi) is 2.69. The maximum Gasteiger partial charge on any atom is 0.0577 e. The van der Waals surface area contributed by atoms with E-state index >= 15 is 0 Å². The Morgan fingerprint density at radius 2 is 2.20 bits per heavy atom. The molecule has 0 spiro atoms. The van der Waals surface area contributed by atoms with Gasteiger partial charge in [0.1, 0.15) is 0 Å². The van der Waals surface area contributed by atoms with Gasteiger partial charge >= 0.3 is 0 Å². The van der Waals surface area contributed by atoms with Gasteiger partial charge in [-0.2, -0.15) is 0 Å². The van der Waals surface area contributed by atoms with Crippen LogP contribution in [0.3, 0.4) is 0 Å². The minimum absolute atomic E-state index is 0.0195. The Bertz CT molecular complexity index is 647. The van der Waals surface area contributed by atoms with Crippen LogP contribution >= 0.6 is 0 Å². The zero-order chi connectivity index (χ0) is 13.7. The Labute approximate surface area is 119 Å². The Morgan fingerprint density at radius 3 is 3.05 bits per heavy atom. The zero-order valence-electron chi connectivity index (χ0n) is 12.0. The van der Waals surface area contributed by atoms with Gasteiger partial charge in [-0.1, -0.05) is 25.1 Å². The molecule has 20 heavy (non-hydrogen) atoms. The number of fused-ring (bicyclic) bond motifs is 5. The number of para-hydroxylation sites is 1. The van der Waals surface area contributed by atoms with Crippen LogP contribution in [0.4, 0.5) is 0 Å². The SMILES string of the molecule is C[C@@]1(CO)CCCN2CCc3c([nH]c4ccccc34)C21.